The van der Waals surface area contributed by atoms with E-state index in [1.165, 1.54) is 44.9 Å². The predicted molar refractivity (Wildman–Crippen MR) is 73.2 cm³/mol. The number of allylic oxidation sites excluding steroid dienone is 1. The molecule has 2 aliphatic rings. The highest BCUT2D eigenvalue weighted by Crippen LogP contribution is 2.45. The Labute approximate surface area is 111 Å². The molecule has 0 N–H and O–H groups in total. The van der Waals surface area contributed by atoms with Crippen molar-refractivity contribution in [2.24, 2.45) is 17.8 Å². The van der Waals surface area contributed by atoms with Crippen molar-refractivity contribution in [3.8, 4) is 0 Å². The lowest BCUT2D eigenvalue weighted by Crippen LogP contribution is -2.14. The molecule has 0 aromatic rings. The van der Waals surface area contributed by atoms with Crippen LogP contribution in [0.1, 0.15) is 58.8 Å². The molecule has 2 heteroatoms. The molecule has 2 nitrogen and oxygen atoms in total. The van der Waals surface area contributed by atoms with Gasteiger partial charge in [0.1, 0.15) is 0 Å². The average Bonchev–Trinajstić information content (AvgIpc) is 2.60. The molecule has 2 rings (SSSR count). The van der Waals surface area contributed by atoms with Gasteiger partial charge in [-0.1, -0.05) is 31.8 Å². The lowest BCUT2D eigenvalue weighted by molar-refractivity contribution is -0.138. The molecule has 18 heavy (non-hydrogen) atoms. The van der Waals surface area contributed by atoms with Crippen LogP contribution in [-0.2, 0) is 9.53 Å². The third-order valence-electron chi connectivity index (χ3n) is 4.70. The largest absolute Gasteiger partial charge is 0.463 e. The first-order valence-corrected chi connectivity index (χ1v) is 7.58. The first-order valence-electron chi connectivity index (χ1n) is 7.58. The van der Waals surface area contributed by atoms with Gasteiger partial charge in [-0.2, -0.15) is 0 Å². The molecule has 0 amide bonds. The van der Waals surface area contributed by atoms with Crippen molar-refractivity contribution < 1.29 is 9.53 Å². The van der Waals surface area contributed by atoms with Crippen LogP contribution < -0.4 is 0 Å². The van der Waals surface area contributed by atoms with E-state index in [1.54, 1.807) is 0 Å². The number of carbonyl (C=O) groups is 1. The summed E-state index contributed by atoms with van der Waals surface area (Å²) in [5.41, 5.74) is 0.812. The van der Waals surface area contributed by atoms with Gasteiger partial charge in [-0.25, -0.2) is 4.79 Å². The van der Waals surface area contributed by atoms with Gasteiger partial charge >= 0.3 is 5.97 Å². The van der Waals surface area contributed by atoms with Crippen molar-refractivity contribution in [2.45, 2.75) is 58.8 Å². The molecule has 0 bridgehead atoms. The number of carbonyl (C=O) groups excluding carboxylic acids is 1. The number of ether oxygens (including phenoxy) is 1. The first kappa shape index (κ1) is 13.6. The highest BCUT2D eigenvalue weighted by Gasteiger charge is 2.35. The van der Waals surface area contributed by atoms with Crippen molar-refractivity contribution in [3.05, 3.63) is 11.6 Å². The fraction of sp³-hybridized carbons (Fsp3) is 0.812. The standard InChI is InChI=1S/C16H26O2/c1-3-18-16(17)12(2)11-14-10-9-13-7-5-4-6-8-15(13)14/h11,13-15H,3-10H2,1-2H3. The minimum Gasteiger partial charge on any atom is -0.463 e. The molecule has 3 atom stereocenters. The number of hydrogen-bond donors (Lipinski definition) is 0. The Hall–Kier alpha value is -0.790. The van der Waals surface area contributed by atoms with Crippen molar-refractivity contribution in [3.63, 3.8) is 0 Å². The van der Waals surface area contributed by atoms with Crippen LogP contribution >= 0.6 is 0 Å². The second-order valence-electron chi connectivity index (χ2n) is 5.87. The van der Waals surface area contributed by atoms with Crippen LogP contribution in [0, 0.1) is 17.8 Å². The van der Waals surface area contributed by atoms with Crippen LogP contribution in [0.25, 0.3) is 0 Å². The SMILES string of the molecule is CCOC(=O)C(C)=CC1CCC2CCCCCC12. The smallest absolute Gasteiger partial charge is 0.333 e. The van der Waals surface area contributed by atoms with E-state index in [-0.39, 0.29) is 5.97 Å². The highest BCUT2D eigenvalue weighted by molar-refractivity contribution is 5.87. The van der Waals surface area contributed by atoms with E-state index in [4.69, 9.17) is 4.74 Å². The van der Waals surface area contributed by atoms with E-state index in [1.807, 2.05) is 13.8 Å². The summed E-state index contributed by atoms with van der Waals surface area (Å²) in [6.07, 6.45) is 11.8. The maximum absolute atomic E-state index is 11.7. The van der Waals surface area contributed by atoms with Gasteiger partial charge in [0.15, 0.2) is 0 Å². The molecule has 0 spiro atoms. The van der Waals surface area contributed by atoms with Gasteiger partial charge in [-0.3, -0.25) is 0 Å². The summed E-state index contributed by atoms with van der Waals surface area (Å²) in [5, 5.41) is 0. The van der Waals surface area contributed by atoms with E-state index in [9.17, 15) is 4.79 Å². The lowest BCUT2D eigenvalue weighted by atomic mass is 9.85. The van der Waals surface area contributed by atoms with Crippen molar-refractivity contribution in [1.29, 1.82) is 0 Å². The van der Waals surface area contributed by atoms with Crippen LogP contribution in [0.4, 0.5) is 0 Å². The summed E-state index contributed by atoms with van der Waals surface area (Å²) in [6.45, 7) is 4.24. The maximum Gasteiger partial charge on any atom is 0.333 e. The lowest BCUT2D eigenvalue weighted by Gasteiger charge is -2.20. The van der Waals surface area contributed by atoms with Crippen LogP contribution in [0.2, 0.25) is 0 Å². The minimum atomic E-state index is -0.130. The molecule has 0 heterocycles. The zero-order valence-corrected chi connectivity index (χ0v) is 11.8. The summed E-state index contributed by atoms with van der Waals surface area (Å²) in [4.78, 5) is 11.7. The molecule has 2 fully saturated rings. The van der Waals surface area contributed by atoms with E-state index >= 15 is 0 Å². The predicted octanol–water partition coefficient (Wildman–Crippen LogP) is 4.10. The monoisotopic (exact) mass is 250 g/mol. The first-order chi connectivity index (χ1) is 8.72. The summed E-state index contributed by atoms with van der Waals surface area (Å²) < 4.78 is 5.07. The molecule has 2 aliphatic carbocycles. The van der Waals surface area contributed by atoms with Crippen molar-refractivity contribution >= 4 is 5.97 Å². The van der Waals surface area contributed by atoms with Gasteiger partial charge in [-0.15, -0.1) is 0 Å². The highest BCUT2D eigenvalue weighted by atomic mass is 16.5. The summed E-state index contributed by atoms with van der Waals surface area (Å²) in [5.74, 6) is 2.24. The third-order valence-corrected chi connectivity index (χ3v) is 4.70. The normalized spacial score (nSPS) is 32.8. The average molecular weight is 250 g/mol. The maximum atomic E-state index is 11.7. The minimum absolute atomic E-state index is 0.130. The molecule has 0 saturated heterocycles. The van der Waals surface area contributed by atoms with E-state index in [0.717, 1.165) is 17.4 Å². The van der Waals surface area contributed by atoms with Crippen LogP contribution in [0.15, 0.2) is 11.6 Å². The Bertz CT molecular complexity index is 319. The Morgan fingerprint density at radius 1 is 1.17 bits per heavy atom. The van der Waals surface area contributed by atoms with Crippen molar-refractivity contribution in [1.82, 2.24) is 0 Å². The van der Waals surface area contributed by atoms with Gasteiger partial charge < -0.3 is 4.74 Å². The Morgan fingerprint density at radius 3 is 2.72 bits per heavy atom. The van der Waals surface area contributed by atoms with E-state index in [2.05, 4.69) is 6.08 Å². The topological polar surface area (TPSA) is 26.3 Å². The molecule has 2 saturated carbocycles. The van der Waals surface area contributed by atoms with Gasteiger partial charge in [0.2, 0.25) is 0 Å². The Kier molecular flexibility index (Phi) is 4.85. The molecule has 3 unspecified atom stereocenters. The second kappa shape index (κ2) is 6.40. The van der Waals surface area contributed by atoms with Gasteiger partial charge in [-0.05, 0) is 50.9 Å². The number of fused-ring (bicyclic) bond motifs is 1. The Morgan fingerprint density at radius 2 is 1.94 bits per heavy atom. The molecule has 0 aliphatic heterocycles. The van der Waals surface area contributed by atoms with Gasteiger partial charge in [0, 0.05) is 5.57 Å². The van der Waals surface area contributed by atoms with Crippen LogP contribution in [0.3, 0.4) is 0 Å². The van der Waals surface area contributed by atoms with Gasteiger partial charge in [0.05, 0.1) is 6.61 Å². The molecule has 0 aromatic carbocycles. The Balaban J connectivity index is 2.00. The zero-order chi connectivity index (χ0) is 13.0. The van der Waals surface area contributed by atoms with E-state index < -0.39 is 0 Å². The molecule has 0 radical (unpaired) electrons. The summed E-state index contributed by atoms with van der Waals surface area (Å²) in [7, 11) is 0. The molecule has 0 aromatic heterocycles. The number of esters is 1. The fourth-order valence-electron chi connectivity index (χ4n) is 3.80. The van der Waals surface area contributed by atoms with Gasteiger partial charge in [0.25, 0.3) is 0 Å². The molecular formula is C16H26O2. The fourth-order valence-corrected chi connectivity index (χ4v) is 3.80. The second-order valence-corrected chi connectivity index (χ2v) is 5.87. The zero-order valence-electron chi connectivity index (χ0n) is 11.8. The quantitative estimate of drug-likeness (QED) is 0.557. The van der Waals surface area contributed by atoms with Crippen molar-refractivity contribution in [2.75, 3.05) is 6.61 Å². The summed E-state index contributed by atoms with van der Waals surface area (Å²) in [6, 6.07) is 0. The van der Waals surface area contributed by atoms with Crippen LogP contribution in [-0.4, -0.2) is 12.6 Å². The third kappa shape index (κ3) is 3.15. The molecular weight excluding hydrogens is 224 g/mol. The number of hydrogen-bond acceptors (Lipinski definition) is 2. The number of rotatable bonds is 3. The summed E-state index contributed by atoms with van der Waals surface area (Å²) >= 11 is 0. The van der Waals surface area contributed by atoms with E-state index in [0.29, 0.717) is 12.5 Å². The molecule has 102 valence electrons. The van der Waals surface area contributed by atoms with Crippen LogP contribution in [0.5, 0.6) is 0 Å².